The first-order valence-electron chi connectivity index (χ1n) is 12.8. The standard InChI is InChI=1S/C30H30O10/c1-34-19-12-23(35-2)27-24(13-19)40-30(18-9-10-21-22(11-18)39-16-38-21)26(17-7-5-4-6-8-17)20(14-25(32)36-3)28(37-15-31)29(27,30)33/h4-13,20,26,28,31,33H,14-16H2,1-3H3/t20-,26-,28-,29+,30+/m1/s1. The molecule has 40 heavy (non-hydrogen) atoms. The van der Waals surface area contributed by atoms with Crippen LogP contribution in [0.4, 0.5) is 0 Å². The Morgan fingerprint density at radius 3 is 2.45 bits per heavy atom. The van der Waals surface area contributed by atoms with Gasteiger partial charge in [-0.1, -0.05) is 36.4 Å². The molecule has 0 amide bonds. The van der Waals surface area contributed by atoms with E-state index < -0.39 is 41.9 Å². The number of carbonyl (C=O) groups is 1. The van der Waals surface area contributed by atoms with Crippen molar-refractivity contribution in [3.63, 3.8) is 0 Å². The number of ether oxygens (including phenoxy) is 7. The Kier molecular flexibility index (Phi) is 6.48. The third kappa shape index (κ3) is 3.56. The molecule has 210 valence electrons. The molecule has 2 N–H and O–H groups in total. The second-order valence-electron chi connectivity index (χ2n) is 9.92. The summed E-state index contributed by atoms with van der Waals surface area (Å²) in [5, 5.41) is 23.3. The van der Waals surface area contributed by atoms with Crippen LogP contribution in [0, 0.1) is 5.92 Å². The van der Waals surface area contributed by atoms with Crippen LogP contribution in [0.2, 0.25) is 0 Å². The molecule has 3 aliphatic rings. The van der Waals surface area contributed by atoms with Gasteiger partial charge in [-0.15, -0.1) is 0 Å². The lowest BCUT2D eigenvalue weighted by molar-refractivity contribution is -0.190. The molecule has 2 aliphatic heterocycles. The summed E-state index contributed by atoms with van der Waals surface area (Å²) in [6, 6.07) is 18.1. The van der Waals surface area contributed by atoms with Gasteiger partial charge in [0.15, 0.2) is 22.7 Å². The van der Waals surface area contributed by atoms with E-state index in [1.807, 2.05) is 30.3 Å². The number of hydrogen-bond acceptors (Lipinski definition) is 10. The Hall–Kier alpha value is -3.99. The van der Waals surface area contributed by atoms with Crippen molar-refractivity contribution in [1.29, 1.82) is 0 Å². The monoisotopic (exact) mass is 550 g/mol. The van der Waals surface area contributed by atoms with Crippen LogP contribution in [-0.4, -0.2) is 57.2 Å². The molecular formula is C30H30O10. The Bertz CT molecular complexity index is 1430. The maximum absolute atomic E-state index is 13.2. The first-order chi connectivity index (χ1) is 19.4. The van der Waals surface area contributed by atoms with Crippen LogP contribution in [0.5, 0.6) is 28.7 Å². The van der Waals surface area contributed by atoms with Crippen molar-refractivity contribution in [2.75, 3.05) is 34.9 Å². The zero-order chi connectivity index (χ0) is 28.1. The predicted molar refractivity (Wildman–Crippen MR) is 140 cm³/mol. The van der Waals surface area contributed by atoms with Crippen LogP contribution in [0.15, 0.2) is 60.7 Å². The molecule has 0 saturated heterocycles. The molecule has 0 bridgehead atoms. The van der Waals surface area contributed by atoms with E-state index in [4.69, 9.17) is 33.2 Å². The second-order valence-corrected chi connectivity index (χ2v) is 9.92. The van der Waals surface area contributed by atoms with Crippen LogP contribution >= 0.6 is 0 Å². The van der Waals surface area contributed by atoms with E-state index in [1.165, 1.54) is 21.3 Å². The maximum Gasteiger partial charge on any atom is 0.305 e. The quantitative estimate of drug-likeness (QED) is 0.319. The Morgan fingerprint density at radius 2 is 1.75 bits per heavy atom. The third-order valence-electron chi connectivity index (χ3n) is 8.22. The summed E-state index contributed by atoms with van der Waals surface area (Å²) >= 11 is 0. The largest absolute Gasteiger partial charge is 0.496 e. The van der Waals surface area contributed by atoms with Crippen molar-refractivity contribution in [1.82, 2.24) is 0 Å². The maximum atomic E-state index is 13.2. The van der Waals surface area contributed by atoms with E-state index in [-0.39, 0.29) is 13.2 Å². The fourth-order valence-corrected chi connectivity index (χ4v) is 6.73. The molecule has 3 aromatic rings. The number of aliphatic hydroxyl groups is 2. The summed E-state index contributed by atoms with van der Waals surface area (Å²) in [6.45, 7) is -0.650. The van der Waals surface area contributed by atoms with Gasteiger partial charge in [0, 0.05) is 29.5 Å². The third-order valence-corrected chi connectivity index (χ3v) is 8.22. The van der Waals surface area contributed by atoms with Gasteiger partial charge < -0.3 is 43.4 Å². The van der Waals surface area contributed by atoms with Crippen molar-refractivity contribution >= 4 is 5.97 Å². The van der Waals surface area contributed by atoms with Crippen LogP contribution in [-0.2, 0) is 25.5 Å². The van der Waals surface area contributed by atoms with Crippen molar-refractivity contribution in [3.05, 3.63) is 77.4 Å². The molecule has 1 aliphatic carbocycles. The van der Waals surface area contributed by atoms with Gasteiger partial charge in [0.05, 0.1) is 33.3 Å². The molecule has 10 nitrogen and oxygen atoms in total. The molecule has 1 saturated carbocycles. The number of hydrogen-bond donors (Lipinski definition) is 2. The average molecular weight is 551 g/mol. The summed E-state index contributed by atoms with van der Waals surface area (Å²) in [5.41, 5.74) is -1.87. The van der Waals surface area contributed by atoms with Gasteiger partial charge >= 0.3 is 5.97 Å². The number of carbonyl (C=O) groups excluding carboxylic acids is 1. The summed E-state index contributed by atoms with van der Waals surface area (Å²) in [5.74, 6) is 0.265. The number of esters is 1. The molecule has 3 aromatic carbocycles. The summed E-state index contributed by atoms with van der Waals surface area (Å²) < 4.78 is 40.5. The Labute approximate surface area is 230 Å². The van der Waals surface area contributed by atoms with Crippen LogP contribution < -0.4 is 23.7 Å². The Balaban J connectivity index is 1.70. The zero-order valence-electron chi connectivity index (χ0n) is 22.3. The van der Waals surface area contributed by atoms with Gasteiger partial charge in [0.25, 0.3) is 0 Å². The molecule has 0 radical (unpaired) electrons. The van der Waals surface area contributed by atoms with E-state index in [1.54, 1.807) is 30.3 Å². The van der Waals surface area contributed by atoms with Crippen LogP contribution in [0.3, 0.4) is 0 Å². The normalized spacial score (nSPS) is 27.5. The highest BCUT2D eigenvalue weighted by Crippen LogP contribution is 2.71. The number of benzene rings is 3. The summed E-state index contributed by atoms with van der Waals surface area (Å²) in [6.07, 6.45) is -1.25. The van der Waals surface area contributed by atoms with E-state index in [9.17, 15) is 15.0 Å². The number of fused-ring (bicyclic) bond motifs is 4. The van der Waals surface area contributed by atoms with Gasteiger partial charge in [0.1, 0.15) is 30.1 Å². The Morgan fingerprint density at radius 1 is 0.975 bits per heavy atom. The highest BCUT2D eigenvalue weighted by atomic mass is 16.7. The smallest absolute Gasteiger partial charge is 0.305 e. The topological polar surface area (TPSA) is 122 Å². The highest BCUT2D eigenvalue weighted by molar-refractivity contribution is 5.71. The number of rotatable bonds is 8. The summed E-state index contributed by atoms with van der Waals surface area (Å²) in [7, 11) is 4.31. The molecule has 10 heteroatoms. The van der Waals surface area contributed by atoms with Gasteiger partial charge in [-0.25, -0.2) is 0 Å². The lowest BCUT2D eigenvalue weighted by atomic mass is 9.70. The molecule has 6 rings (SSSR count). The van der Waals surface area contributed by atoms with Crippen LogP contribution in [0.25, 0.3) is 0 Å². The lowest BCUT2D eigenvalue weighted by Gasteiger charge is -2.41. The zero-order valence-corrected chi connectivity index (χ0v) is 22.3. The fraction of sp³-hybridized carbons (Fsp3) is 0.367. The predicted octanol–water partition coefficient (Wildman–Crippen LogP) is 3.22. The molecule has 0 aromatic heterocycles. The minimum atomic E-state index is -1.96. The van der Waals surface area contributed by atoms with Crippen LogP contribution in [0.1, 0.15) is 29.0 Å². The second kappa shape index (κ2) is 9.88. The van der Waals surface area contributed by atoms with E-state index in [0.29, 0.717) is 39.9 Å². The first kappa shape index (κ1) is 26.2. The van der Waals surface area contributed by atoms with Crippen molar-refractivity contribution in [2.45, 2.75) is 29.6 Å². The highest BCUT2D eigenvalue weighted by Gasteiger charge is 2.77. The van der Waals surface area contributed by atoms with Gasteiger partial charge in [0.2, 0.25) is 6.79 Å². The van der Waals surface area contributed by atoms with Gasteiger partial charge in [-0.3, -0.25) is 4.79 Å². The first-order valence-corrected chi connectivity index (χ1v) is 12.8. The van der Waals surface area contributed by atoms with Gasteiger partial charge in [-0.2, -0.15) is 0 Å². The molecule has 2 heterocycles. The minimum Gasteiger partial charge on any atom is -0.496 e. The number of aliphatic hydroxyl groups excluding tert-OH is 1. The van der Waals surface area contributed by atoms with Crippen molar-refractivity contribution in [3.8, 4) is 28.7 Å². The molecule has 5 atom stereocenters. The lowest BCUT2D eigenvalue weighted by Crippen LogP contribution is -2.52. The fourth-order valence-electron chi connectivity index (χ4n) is 6.73. The van der Waals surface area contributed by atoms with Crippen molar-refractivity contribution in [2.24, 2.45) is 5.92 Å². The molecule has 1 fully saturated rings. The minimum absolute atomic E-state index is 0.0610. The SMILES string of the molecule is COC(=O)C[C@H]1[C@@H](OCO)[C@@]2(O)c3c(OC)cc(OC)cc3O[C@@]2(c2ccc3c(c2)OCO3)[C@@H]1c1ccccc1. The van der Waals surface area contributed by atoms with Crippen molar-refractivity contribution < 1.29 is 48.2 Å². The van der Waals surface area contributed by atoms with Gasteiger partial charge in [-0.05, 0) is 17.7 Å². The molecular weight excluding hydrogens is 520 g/mol. The van der Waals surface area contributed by atoms with E-state index in [2.05, 4.69) is 0 Å². The summed E-state index contributed by atoms with van der Waals surface area (Å²) in [4.78, 5) is 12.8. The average Bonchev–Trinajstić information content (AvgIpc) is 3.61. The van der Waals surface area contributed by atoms with E-state index in [0.717, 1.165) is 5.56 Å². The molecule has 0 unspecified atom stereocenters. The number of methoxy groups -OCH3 is 3. The molecule has 0 spiro atoms. The van der Waals surface area contributed by atoms with E-state index >= 15 is 0 Å².